The van der Waals surface area contributed by atoms with E-state index in [9.17, 15) is 4.79 Å². The summed E-state index contributed by atoms with van der Waals surface area (Å²) in [4.78, 5) is 14.8. The highest BCUT2D eigenvalue weighted by molar-refractivity contribution is 5.97. The molecule has 0 radical (unpaired) electrons. The van der Waals surface area contributed by atoms with Gasteiger partial charge >= 0.3 is 0 Å². The number of carbonyl (C=O) groups is 1. The Labute approximate surface area is 117 Å². The van der Waals surface area contributed by atoms with Crippen LogP contribution in [-0.2, 0) is 0 Å². The third-order valence-corrected chi connectivity index (χ3v) is 4.55. The highest BCUT2D eigenvalue weighted by atomic mass is 16.3. The highest BCUT2D eigenvalue weighted by Gasteiger charge is 2.38. The molecular weight excluding hydrogens is 252 g/mol. The van der Waals surface area contributed by atoms with Crippen LogP contribution >= 0.6 is 0 Å². The summed E-state index contributed by atoms with van der Waals surface area (Å²) in [5, 5.41) is 4.22. The van der Waals surface area contributed by atoms with Crippen molar-refractivity contribution in [2.75, 3.05) is 19.6 Å². The smallest absolute Gasteiger partial charge is 0.251 e. The molecule has 4 nitrogen and oxygen atoms in total. The Morgan fingerprint density at radius 3 is 3.00 bits per heavy atom. The lowest BCUT2D eigenvalue weighted by Crippen LogP contribution is -2.43. The van der Waals surface area contributed by atoms with E-state index in [1.165, 1.54) is 13.0 Å². The number of benzene rings is 1. The third-order valence-electron chi connectivity index (χ3n) is 4.55. The fourth-order valence-electron chi connectivity index (χ4n) is 3.50. The van der Waals surface area contributed by atoms with Gasteiger partial charge in [-0.25, -0.2) is 0 Å². The van der Waals surface area contributed by atoms with Crippen molar-refractivity contribution in [2.45, 2.75) is 19.4 Å². The van der Waals surface area contributed by atoms with Crippen molar-refractivity contribution >= 4 is 16.9 Å². The number of furan rings is 1. The van der Waals surface area contributed by atoms with Gasteiger partial charge in [-0.1, -0.05) is 6.07 Å². The van der Waals surface area contributed by atoms with E-state index in [1.807, 2.05) is 31.2 Å². The van der Waals surface area contributed by atoms with Crippen LogP contribution in [0.1, 0.15) is 22.5 Å². The van der Waals surface area contributed by atoms with Crippen molar-refractivity contribution in [3.63, 3.8) is 0 Å². The Morgan fingerprint density at radius 1 is 1.35 bits per heavy atom. The summed E-state index contributed by atoms with van der Waals surface area (Å²) in [6.07, 6.45) is 1.21. The quantitative estimate of drug-likeness (QED) is 0.909. The number of hydrogen-bond donors (Lipinski definition) is 1. The van der Waals surface area contributed by atoms with Crippen molar-refractivity contribution in [2.24, 2.45) is 5.92 Å². The Morgan fingerprint density at radius 2 is 2.25 bits per heavy atom. The second kappa shape index (κ2) is 4.35. The van der Waals surface area contributed by atoms with Gasteiger partial charge in [-0.3, -0.25) is 4.79 Å². The van der Waals surface area contributed by atoms with Crippen LogP contribution in [-0.4, -0.2) is 36.5 Å². The maximum absolute atomic E-state index is 12.4. The van der Waals surface area contributed by atoms with Gasteiger partial charge in [0, 0.05) is 30.1 Å². The van der Waals surface area contributed by atoms with E-state index in [0.29, 0.717) is 17.5 Å². The molecule has 0 saturated carbocycles. The molecule has 4 rings (SSSR count). The normalized spacial score (nSPS) is 28.1. The molecule has 1 amide bonds. The van der Waals surface area contributed by atoms with Gasteiger partial charge in [-0.15, -0.1) is 0 Å². The van der Waals surface area contributed by atoms with Crippen LogP contribution in [0.15, 0.2) is 28.7 Å². The molecule has 20 heavy (non-hydrogen) atoms. The summed E-state index contributed by atoms with van der Waals surface area (Å²) < 4.78 is 5.59. The summed E-state index contributed by atoms with van der Waals surface area (Å²) in [5.74, 6) is 1.52. The maximum atomic E-state index is 12.4. The number of nitrogens with one attached hydrogen (secondary N) is 1. The van der Waals surface area contributed by atoms with Gasteiger partial charge in [0.1, 0.15) is 11.3 Å². The topological polar surface area (TPSA) is 45.5 Å². The molecule has 2 aliphatic rings. The number of nitrogens with zero attached hydrogens (tertiary/aromatic N) is 1. The van der Waals surface area contributed by atoms with Gasteiger partial charge in [0.25, 0.3) is 5.91 Å². The molecule has 3 atom stereocenters. The monoisotopic (exact) mass is 270 g/mol. The Kier molecular flexibility index (Phi) is 2.60. The van der Waals surface area contributed by atoms with Gasteiger partial charge in [0.15, 0.2) is 0 Å². The zero-order valence-electron chi connectivity index (χ0n) is 11.6. The molecule has 2 aromatic rings. The van der Waals surface area contributed by atoms with E-state index in [0.717, 1.165) is 29.8 Å². The summed E-state index contributed by atoms with van der Waals surface area (Å²) in [5.41, 5.74) is 1.47. The van der Waals surface area contributed by atoms with Crippen LogP contribution in [0.25, 0.3) is 11.0 Å². The van der Waals surface area contributed by atoms with Crippen molar-refractivity contribution in [1.29, 1.82) is 0 Å². The summed E-state index contributed by atoms with van der Waals surface area (Å²) in [6, 6.07) is 7.96. The van der Waals surface area contributed by atoms with Crippen LogP contribution < -0.4 is 5.32 Å². The first-order chi connectivity index (χ1) is 9.69. The van der Waals surface area contributed by atoms with Crippen molar-refractivity contribution < 1.29 is 9.21 Å². The number of hydrogen-bond acceptors (Lipinski definition) is 3. The van der Waals surface area contributed by atoms with Crippen LogP contribution in [0.4, 0.5) is 0 Å². The lowest BCUT2D eigenvalue weighted by molar-refractivity contribution is 0.0924. The Hall–Kier alpha value is -1.81. The number of piperidine rings is 1. The minimum absolute atomic E-state index is 0.0136. The van der Waals surface area contributed by atoms with Gasteiger partial charge in [-0.2, -0.15) is 0 Å². The van der Waals surface area contributed by atoms with E-state index in [1.54, 1.807) is 0 Å². The van der Waals surface area contributed by atoms with Crippen molar-refractivity contribution in [1.82, 2.24) is 10.2 Å². The standard InChI is InChI=1S/C16H18N2O2/c1-10-6-11-2-3-12(7-15(11)20-10)16(19)17-14-9-18-5-4-13(14)8-18/h2-3,6-7,13-14H,4-5,8-9H2,1H3,(H,17,19)/t13-,14?/m0/s1. The predicted octanol–water partition coefficient (Wildman–Crippen LogP) is 2.18. The molecule has 2 aliphatic heterocycles. The van der Waals surface area contributed by atoms with Gasteiger partial charge < -0.3 is 14.6 Å². The van der Waals surface area contributed by atoms with Crippen LogP contribution in [0.3, 0.4) is 0 Å². The molecule has 2 saturated heterocycles. The average molecular weight is 270 g/mol. The second-order valence-corrected chi connectivity index (χ2v) is 6.00. The number of rotatable bonds is 2. The third kappa shape index (κ3) is 1.91. The zero-order chi connectivity index (χ0) is 13.7. The molecule has 4 heteroatoms. The molecule has 3 heterocycles. The molecule has 104 valence electrons. The molecule has 1 aromatic heterocycles. The highest BCUT2D eigenvalue weighted by Crippen LogP contribution is 2.28. The maximum Gasteiger partial charge on any atom is 0.251 e. The Bertz CT molecular complexity index is 676. The zero-order valence-corrected chi connectivity index (χ0v) is 11.6. The summed E-state index contributed by atoms with van der Waals surface area (Å²) >= 11 is 0. The molecule has 1 aromatic carbocycles. The predicted molar refractivity (Wildman–Crippen MR) is 76.8 cm³/mol. The van der Waals surface area contributed by atoms with Gasteiger partial charge in [0.2, 0.25) is 0 Å². The minimum Gasteiger partial charge on any atom is -0.461 e. The number of aryl methyl sites for hydroxylation is 1. The number of fused-ring (bicyclic) bond motifs is 3. The van der Waals surface area contributed by atoms with E-state index in [4.69, 9.17) is 4.42 Å². The van der Waals surface area contributed by atoms with E-state index in [-0.39, 0.29) is 5.91 Å². The van der Waals surface area contributed by atoms with Crippen LogP contribution in [0, 0.1) is 12.8 Å². The number of carbonyl (C=O) groups excluding carboxylic acids is 1. The Balaban J connectivity index is 1.54. The van der Waals surface area contributed by atoms with E-state index >= 15 is 0 Å². The summed E-state index contributed by atoms with van der Waals surface area (Å²) in [6.45, 7) is 5.25. The molecule has 2 fully saturated rings. The molecule has 2 bridgehead atoms. The van der Waals surface area contributed by atoms with Crippen molar-refractivity contribution in [3.8, 4) is 0 Å². The van der Waals surface area contributed by atoms with E-state index in [2.05, 4.69) is 10.2 Å². The SMILES string of the molecule is Cc1cc2ccc(C(=O)NC3CN4CC[C@H]3C4)cc2o1. The molecular formula is C16H18N2O2. The van der Waals surface area contributed by atoms with Gasteiger partial charge in [0.05, 0.1) is 0 Å². The molecule has 2 unspecified atom stereocenters. The lowest BCUT2D eigenvalue weighted by Gasteiger charge is -2.23. The first kappa shape index (κ1) is 12.0. The fourth-order valence-corrected chi connectivity index (χ4v) is 3.50. The van der Waals surface area contributed by atoms with Crippen LogP contribution in [0.2, 0.25) is 0 Å². The summed E-state index contributed by atoms with van der Waals surface area (Å²) in [7, 11) is 0. The van der Waals surface area contributed by atoms with E-state index < -0.39 is 0 Å². The van der Waals surface area contributed by atoms with Crippen molar-refractivity contribution in [3.05, 3.63) is 35.6 Å². The molecule has 0 aliphatic carbocycles. The first-order valence-electron chi connectivity index (χ1n) is 7.22. The van der Waals surface area contributed by atoms with Gasteiger partial charge in [-0.05, 0) is 44.0 Å². The molecule has 0 spiro atoms. The number of amides is 1. The first-order valence-corrected chi connectivity index (χ1v) is 7.22. The average Bonchev–Trinajstić information content (AvgIpc) is 3.10. The minimum atomic E-state index is 0.0136. The largest absolute Gasteiger partial charge is 0.461 e. The second-order valence-electron chi connectivity index (χ2n) is 6.00. The fraction of sp³-hybridized carbons (Fsp3) is 0.438. The van der Waals surface area contributed by atoms with Crippen LogP contribution in [0.5, 0.6) is 0 Å². The lowest BCUT2D eigenvalue weighted by atomic mass is 9.99. The molecule has 1 N–H and O–H groups in total.